The van der Waals surface area contributed by atoms with Crippen molar-refractivity contribution < 1.29 is 29.0 Å². The minimum atomic E-state index is -0.987. The second-order valence-corrected chi connectivity index (χ2v) is 9.85. The van der Waals surface area contributed by atoms with Crippen LogP contribution in [0.3, 0.4) is 0 Å². The van der Waals surface area contributed by atoms with Crippen molar-refractivity contribution in [3.05, 3.63) is 119 Å². The summed E-state index contributed by atoms with van der Waals surface area (Å²) in [5.74, 6) is -0.134. The molecule has 0 heterocycles. The van der Waals surface area contributed by atoms with Gasteiger partial charge in [0.25, 0.3) is 11.8 Å². The van der Waals surface area contributed by atoms with E-state index in [1.54, 1.807) is 42.3 Å². The monoisotopic (exact) mass is 580 g/mol. The summed E-state index contributed by atoms with van der Waals surface area (Å²) >= 11 is 0. The third kappa shape index (κ3) is 8.23. The Morgan fingerprint density at radius 1 is 0.814 bits per heavy atom. The molecule has 0 aliphatic rings. The third-order valence-corrected chi connectivity index (χ3v) is 7.01. The fourth-order valence-corrected chi connectivity index (χ4v) is 4.86. The Balaban J connectivity index is 1.60. The number of benzene rings is 4. The van der Waals surface area contributed by atoms with E-state index in [0.717, 1.165) is 16.9 Å². The molecule has 8 heteroatoms. The lowest BCUT2D eigenvalue weighted by Gasteiger charge is -2.24. The summed E-state index contributed by atoms with van der Waals surface area (Å²) in [7, 11) is 1.59. The Bertz CT molecular complexity index is 1570. The molecule has 0 aliphatic heterocycles. The van der Waals surface area contributed by atoms with Gasteiger partial charge in [-0.3, -0.25) is 14.4 Å². The van der Waals surface area contributed by atoms with E-state index in [9.17, 15) is 19.5 Å². The second-order valence-electron chi connectivity index (χ2n) is 9.85. The van der Waals surface area contributed by atoms with E-state index in [-0.39, 0.29) is 24.8 Å². The van der Waals surface area contributed by atoms with Crippen LogP contribution in [0.25, 0.3) is 11.1 Å². The lowest BCUT2D eigenvalue weighted by molar-refractivity contribution is -0.137. The highest BCUT2D eigenvalue weighted by molar-refractivity contribution is 6.06. The lowest BCUT2D eigenvalue weighted by atomic mass is 9.94. The van der Waals surface area contributed by atoms with Gasteiger partial charge in [-0.1, -0.05) is 66.7 Å². The number of carbonyl (C=O) groups excluding carboxylic acids is 2. The van der Waals surface area contributed by atoms with Gasteiger partial charge in [0.2, 0.25) is 0 Å². The van der Waals surface area contributed by atoms with Gasteiger partial charge in [-0.15, -0.1) is 0 Å². The van der Waals surface area contributed by atoms with E-state index in [1.807, 2.05) is 73.7 Å². The molecule has 0 bridgehead atoms. The van der Waals surface area contributed by atoms with Crippen molar-refractivity contribution in [3.8, 4) is 22.6 Å². The highest BCUT2D eigenvalue weighted by atomic mass is 16.5. The number of hydrogen-bond donors (Lipinski definition) is 2. The predicted octanol–water partition coefficient (Wildman–Crippen LogP) is 5.85. The molecule has 0 unspecified atom stereocenters. The molecule has 2 N–H and O–H groups in total. The Morgan fingerprint density at radius 2 is 1.49 bits per heavy atom. The Kier molecular flexibility index (Phi) is 10.9. The van der Waals surface area contributed by atoms with Crippen LogP contribution in [0, 0.1) is 0 Å². The summed E-state index contributed by atoms with van der Waals surface area (Å²) in [4.78, 5) is 40.4. The van der Waals surface area contributed by atoms with Crippen molar-refractivity contribution in [3.63, 3.8) is 0 Å². The highest BCUT2D eigenvalue weighted by Crippen LogP contribution is 2.29. The zero-order valence-electron chi connectivity index (χ0n) is 24.4. The van der Waals surface area contributed by atoms with Crippen LogP contribution in [-0.4, -0.2) is 54.6 Å². The first-order valence-corrected chi connectivity index (χ1v) is 14.2. The molecule has 222 valence electrons. The number of hydrogen-bond acceptors (Lipinski definition) is 5. The van der Waals surface area contributed by atoms with Gasteiger partial charge in [0.15, 0.2) is 0 Å². The summed E-state index contributed by atoms with van der Waals surface area (Å²) in [6.07, 6.45) is 0.303. The molecule has 0 saturated heterocycles. The molecule has 0 atom stereocenters. The summed E-state index contributed by atoms with van der Waals surface area (Å²) in [5, 5.41) is 12.4. The molecule has 4 aromatic carbocycles. The molecule has 43 heavy (non-hydrogen) atoms. The van der Waals surface area contributed by atoms with Crippen LogP contribution in [0.2, 0.25) is 0 Å². The van der Waals surface area contributed by atoms with E-state index in [0.29, 0.717) is 54.1 Å². The van der Waals surface area contributed by atoms with E-state index in [4.69, 9.17) is 9.47 Å². The van der Waals surface area contributed by atoms with Crippen molar-refractivity contribution in [1.82, 2.24) is 10.2 Å². The predicted molar refractivity (Wildman–Crippen MR) is 166 cm³/mol. The molecule has 4 aromatic rings. The largest absolute Gasteiger partial charge is 0.497 e. The molecular formula is C35H36N2O6. The van der Waals surface area contributed by atoms with Gasteiger partial charge in [-0.2, -0.15) is 0 Å². The standard InChI is InChI=1S/C35H36N2O6/c1-3-43-32-18-9-4-12-26(32)19-21-37(22-20-33(38)39)35(41)31-17-8-6-15-29(31)28-14-5-7-16-30(28)34(40)36-24-25-11-10-13-27(23-25)42-2/h4-18,23H,3,19-22,24H2,1-2H3,(H,36,40)(H,38,39). The fraction of sp³-hybridized carbons (Fsp3) is 0.229. The highest BCUT2D eigenvalue weighted by Gasteiger charge is 2.23. The number of para-hydroxylation sites is 1. The molecule has 0 aliphatic carbocycles. The zero-order chi connectivity index (χ0) is 30.6. The lowest BCUT2D eigenvalue weighted by Crippen LogP contribution is -2.35. The van der Waals surface area contributed by atoms with Crippen LogP contribution >= 0.6 is 0 Å². The molecule has 0 saturated carbocycles. The number of aliphatic carboxylic acids is 1. The molecule has 0 spiro atoms. The van der Waals surface area contributed by atoms with Crippen LogP contribution in [0.5, 0.6) is 11.5 Å². The van der Waals surface area contributed by atoms with Gasteiger partial charge in [-0.05, 0) is 65.9 Å². The molecule has 0 radical (unpaired) electrons. The first kappa shape index (κ1) is 30.8. The van der Waals surface area contributed by atoms with Gasteiger partial charge >= 0.3 is 5.97 Å². The van der Waals surface area contributed by atoms with Crippen LogP contribution < -0.4 is 14.8 Å². The molecular weight excluding hydrogens is 544 g/mol. The van der Waals surface area contributed by atoms with E-state index >= 15 is 0 Å². The third-order valence-electron chi connectivity index (χ3n) is 7.01. The van der Waals surface area contributed by atoms with E-state index in [1.165, 1.54) is 0 Å². The van der Waals surface area contributed by atoms with Gasteiger partial charge in [0.05, 0.1) is 20.1 Å². The first-order valence-electron chi connectivity index (χ1n) is 14.2. The van der Waals surface area contributed by atoms with Crippen LogP contribution in [0.1, 0.15) is 45.2 Å². The summed E-state index contributed by atoms with van der Waals surface area (Å²) in [6, 6.07) is 29.3. The number of ether oxygens (including phenoxy) is 2. The smallest absolute Gasteiger partial charge is 0.305 e. The molecule has 0 fully saturated rings. The van der Waals surface area contributed by atoms with Crippen molar-refractivity contribution in [2.75, 3.05) is 26.8 Å². The van der Waals surface area contributed by atoms with Gasteiger partial charge in [-0.25, -0.2) is 0 Å². The number of nitrogens with zero attached hydrogens (tertiary/aromatic N) is 1. The van der Waals surface area contributed by atoms with Gasteiger partial charge < -0.3 is 24.8 Å². The maximum Gasteiger partial charge on any atom is 0.305 e. The number of methoxy groups -OCH3 is 1. The maximum absolute atomic E-state index is 14.0. The van der Waals surface area contributed by atoms with Gasteiger partial charge in [0, 0.05) is 30.8 Å². The fourth-order valence-electron chi connectivity index (χ4n) is 4.86. The summed E-state index contributed by atoms with van der Waals surface area (Å²) in [6.45, 7) is 3.07. The quantitative estimate of drug-likeness (QED) is 0.194. The number of amides is 2. The van der Waals surface area contributed by atoms with E-state index < -0.39 is 5.97 Å². The molecule has 2 amide bonds. The number of nitrogens with one attached hydrogen (secondary N) is 1. The zero-order valence-corrected chi connectivity index (χ0v) is 24.4. The Labute approximate surface area is 251 Å². The van der Waals surface area contributed by atoms with Crippen molar-refractivity contribution in [2.45, 2.75) is 26.3 Å². The topological polar surface area (TPSA) is 105 Å². The normalized spacial score (nSPS) is 10.6. The van der Waals surface area contributed by atoms with Crippen LogP contribution in [0.15, 0.2) is 97.1 Å². The van der Waals surface area contributed by atoms with Gasteiger partial charge in [0.1, 0.15) is 11.5 Å². The number of carbonyl (C=O) groups is 3. The van der Waals surface area contributed by atoms with Crippen molar-refractivity contribution >= 4 is 17.8 Å². The Morgan fingerprint density at radius 3 is 2.21 bits per heavy atom. The SMILES string of the molecule is CCOc1ccccc1CCN(CCC(=O)O)C(=O)c1ccccc1-c1ccccc1C(=O)NCc1cccc(OC)c1. The molecule has 4 rings (SSSR count). The van der Waals surface area contributed by atoms with Crippen LogP contribution in [-0.2, 0) is 17.8 Å². The minimum absolute atomic E-state index is 0.0436. The Hall–Kier alpha value is -5.11. The number of carboxylic acids is 1. The first-order chi connectivity index (χ1) is 20.9. The molecule has 0 aromatic heterocycles. The van der Waals surface area contributed by atoms with Crippen molar-refractivity contribution in [1.29, 1.82) is 0 Å². The average Bonchev–Trinajstić information content (AvgIpc) is 3.04. The second kappa shape index (κ2) is 15.2. The van der Waals surface area contributed by atoms with Crippen molar-refractivity contribution in [2.24, 2.45) is 0 Å². The maximum atomic E-state index is 14.0. The molecule has 8 nitrogen and oxygen atoms in total. The van der Waals surface area contributed by atoms with E-state index in [2.05, 4.69) is 5.32 Å². The summed E-state index contributed by atoms with van der Waals surface area (Å²) in [5.41, 5.74) is 3.83. The van der Waals surface area contributed by atoms with Crippen LogP contribution in [0.4, 0.5) is 0 Å². The summed E-state index contributed by atoms with van der Waals surface area (Å²) < 4.78 is 11.0. The number of rotatable bonds is 14. The number of carboxylic acid groups (broad SMARTS) is 1. The average molecular weight is 581 g/mol. The minimum Gasteiger partial charge on any atom is -0.497 e.